The van der Waals surface area contributed by atoms with Crippen LogP contribution in [0.15, 0.2) is 30.3 Å². The third-order valence-electron chi connectivity index (χ3n) is 3.16. The maximum Gasteiger partial charge on any atom is 0.254 e. The molecule has 2 aromatic rings. The molecule has 2 N–H and O–H groups in total. The molecular weight excluding hydrogens is 254 g/mol. The molecule has 0 fully saturated rings. The molecule has 0 saturated heterocycles. The minimum Gasteiger partial charge on any atom is -0.385 e. The van der Waals surface area contributed by atoms with E-state index in [1.807, 2.05) is 24.3 Å². The van der Waals surface area contributed by atoms with E-state index in [0.29, 0.717) is 24.5 Å². The molecular formula is C15H19N3O2. The number of para-hydroxylation sites is 1. The smallest absolute Gasteiger partial charge is 0.254 e. The van der Waals surface area contributed by atoms with E-state index in [0.717, 1.165) is 17.3 Å². The van der Waals surface area contributed by atoms with Crippen molar-refractivity contribution in [3.05, 3.63) is 35.9 Å². The van der Waals surface area contributed by atoms with Gasteiger partial charge in [0.05, 0.1) is 11.1 Å². The van der Waals surface area contributed by atoms with Crippen LogP contribution in [0.2, 0.25) is 0 Å². The fraction of sp³-hybridized carbons (Fsp3) is 0.333. The van der Waals surface area contributed by atoms with Crippen molar-refractivity contribution >= 4 is 22.6 Å². The molecule has 0 radical (unpaired) electrons. The number of ether oxygens (including phenoxy) is 1. The Labute approximate surface area is 118 Å². The van der Waals surface area contributed by atoms with E-state index in [1.165, 1.54) is 0 Å². The molecule has 0 unspecified atom stereocenters. The van der Waals surface area contributed by atoms with Crippen molar-refractivity contribution in [2.75, 3.05) is 33.0 Å². The predicted molar refractivity (Wildman–Crippen MR) is 79.6 cm³/mol. The number of rotatable bonds is 5. The lowest BCUT2D eigenvalue weighted by Crippen LogP contribution is -2.28. The van der Waals surface area contributed by atoms with Crippen molar-refractivity contribution in [1.82, 2.24) is 9.88 Å². The number of nitrogens with zero attached hydrogens (tertiary/aromatic N) is 2. The normalized spacial score (nSPS) is 10.7. The number of anilines is 1. The van der Waals surface area contributed by atoms with Crippen molar-refractivity contribution in [1.29, 1.82) is 0 Å². The van der Waals surface area contributed by atoms with Gasteiger partial charge in [-0.15, -0.1) is 0 Å². The third-order valence-corrected chi connectivity index (χ3v) is 3.16. The number of hydrogen-bond acceptors (Lipinski definition) is 4. The van der Waals surface area contributed by atoms with Crippen LogP contribution in [0, 0.1) is 0 Å². The molecule has 1 aromatic heterocycles. The Morgan fingerprint density at radius 2 is 2.15 bits per heavy atom. The van der Waals surface area contributed by atoms with Gasteiger partial charge in [-0.2, -0.15) is 0 Å². The van der Waals surface area contributed by atoms with Gasteiger partial charge >= 0.3 is 0 Å². The minimum absolute atomic E-state index is 0.0496. The quantitative estimate of drug-likeness (QED) is 0.845. The van der Waals surface area contributed by atoms with E-state index in [-0.39, 0.29) is 5.91 Å². The molecule has 0 aliphatic heterocycles. The highest BCUT2D eigenvalue weighted by molar-refractivity contribution is 6.06. The molecule has 0 aliphatic rings. The van der Waals surface area contributed by atoms with Gasteiger partial charge in [0, 0.05) is 32.7 Å². The minimum atomic E-state index is -0.0496. The number of methoxy groups -OCH3 is 1. The van der Waals surface area contributed by atoms with E-state index in [4.69, 9.17) is 10.5 Å². The zero-order valence-corrected chi connectivity index (χ0v) is 11.8. The molecule has 0 saturated carbocycles. The van der Waals surface area contributed by atoms with Gasteiger partial charge in [-0.25, -0.2) is 4.98 Å². The number of carbonyl (C=O) groups excluding carboxylic acids is 1. The molecule has 0 spiro atoms. The van der Waals surface area contributed by atoms with Crippen LogP contribution in [0.3, 0.4) is 0 Å². The van der Waals surface area contributed by atoms with Crippen LogP contribution >= 0.6 is 0 Å². The number of pyridine rings is 1. The average Bonchev–Trinajstić information content (AvgIpc) is 2.45. The van der Waals surface area contributed by atoms with Crippen LogP contribution in [-0.2, 0) is 4.74 Å². The predicted octanol–water partition coefficient (Wildman–Crippen LogP) is 1.93. The summed E-state index contributed by atoms with van der Waals surface area (Å²) in [5, 5.41) is 0.824. The van der Waals surface area contributed by atoms with Gasteiger partial charge in [0.1, 0.15) is 5.82 Å². The molecule has 1 amide bonds. The summed E-state index contributed by atoms with van der Waals surface area (Å²) in [4.78, 5) is 18.4. The Morgan fingerprint density at radius 3 is 2.90 bits per heavy atom. The largest absolute Gasteiger partial charge is 0.385 e. The molecule has 5 nitrogen and oxygen atoms in total. The lowest BCUT2D eigenvalue weighted by atomic mass is 10.1. The van der Waals surface area contributed by atoms with Crippen molar-refractivity contribution in [2.24, 2.45) is 0 Å². The number of carbonyl (C=O) groups is 1. The molecule has 20 heavy (non-hydrogen) atoms. The summed E-state index contributed by atoms with van der Waals surface area (Å²) in [5.74, 6) is 0.309. The van der Waals surface area contributed by atoms with Gasteiger partial charge in [-0.05, 0) is 18.6 Å². The topological polar surface area (TPSA) is 68.5 Å². The molecule has 0 bridgehead atoms. The first kappa shape index (κ1) is 14.3. The van der Waals surface area contributed by atoms with E-state index >= 15 is 0 Å². The summed E-state index contributed by atoms with van der Waals surface area (Å²) in [5.41, 5.74) is 7.11. The molecule has 1 heterocycles. The van der Waals surface area contributed by atoms with Gasteiger partial charge in [-0.1, -0.05) is 18.2 Å². The van der Waals surface area contributed by atoms with Crippen LogP contribution in [0.5, 0.6) is 0 Å². The first-order valence-corrected chi connectivity index (χ1v) is 6.53. The van der Waals surface area contributed by atoms with Crippen LogP contribution in [-0.4, -0.2) is 43.1 Å². The first-order valence-electron chi connectivity index (χ1n) is 6.53. The van der Waals surface area contributed by atoms with Crippen molar-refractivity contribution in [2.45, 2.75) is 6.42 Å². The Kier molecular flexibility index (Phi) is 4.53. The number of nitrogens with two attached hydrogens (primary N) is 1. The SMILES string of the molecule is COCCCN(C)C(=O)c1cc(N)nc2ccccc12. The van der Waals surface area contributed by atoms with E-state index in [1.54, 1.807) is 25.1 Å². The number of benzene rings is 1. The van der Waals surface area contributed by atoms with Gasteiger partial charge < -0.3 is 15.4 Å². The molecule has 5 heteroatoms. The second-order valence-corrected chi connectivity index (χ2v) is 4.68. The zero-order chi connectivity index (χ0) is 14.5. The Bertz CT molecular complexity index is 613. The van der Waals surface area contributed by atoms with E-state index in [2.05, 4.69) is 4.98 Å². The Hall–Kier alpha value is -2.14. The summed E-state index contributed by atoms with van der Waals surface area (Å²) in [6.07, 6.45) is 0.803. The number of amides is 1. The number of nitrogen functional groups attached to an aromatic ring is 1. The fourth-order valence-corrected chi connectivity index (χ4v) is 2.13. The number of fused-ring (bicyclic) bond motifs is 1. The Morgan fingerprint density at radius 1 is 1.40 bits per heavy atom. The molecule has 1 aromatic carbocycles. The van der Waals surface area contributed by atoms with Gasteiger partial charge in [0.15, 0.2) is 0 Å². The lowest BCUT2D eigenvalue weighted by molar-refractivity contribution is 0.0781. The van der Waals surface area contributed by atoms with Gasteiger partial charge in [-0.3, -0.25) is 4.79 Å². The fourth-order valence-electron chi connectivity index (χ4n) is 2.13. The summed E-state index contributed by atoms with van der Waals surface area (Å²) >= 11 is 0. The van der Waals surface area contributed by atoms with Crippen molar-refractivity contribution < 1.29 is 9.53 Å². The van der Waals surface area contributed by atoms with Crippen molar-refractivity contribution in [3.8, 4) is 0 Å². The number of aromatic nitrogens is 1. The molecule has 106 valence electrons. The van der Waals surface area contributed by atoms with E-state index < -0.39 is 0 Å². The standard InChI is InChI=1S/C15H19N3O2/c1-18(8-5-9-20-2)15(19)12-10-14(16)17-13-7-4-3-6-11(12)13/h3-4,6-7,10H,5,8-9H2,1-2H3,(H2,16,17). The van der Waals surface area contributed by atoms with Gasteiger partial charge in [0.2, 0.25) is 0 Å². The van der Waals surface area contributed by atoms with E-state index in [9.17, 15) is 4.79 Å². The molecule has 2 rings (SSSR count). The lowest BCUT2D eigenvalue weighted by Gasteiger charge is -2.18. The van der Waals surface area contributed by atoms with Gasteiger partial charge in [0.25, 0.3) is 5.91 Å². The average molecular weight is 273 g/mol. The highest BCUT2D eigenvalue weighted by atomic mass is 16.5. The molecule has 0 atom stereocenters. The summed E-state index contributed by atoms with van der Waals surface area (Å²) < 4.78 is 5.00. The highest BCUT2D eigenvalue weighted by Gasteiger charge is 2.15. The first-order chi connectivity index (χ1) is 9.63. The van der Waals surface area contributed by atoms with Crippen LogP contribution in [0.4, 0.5) is 5.82 Å². The van der Waals surface area contributed by atoms with Crippen molar-refractivity contribution in [3.63, 3.8) is 0 Å². The molecule has 0 aliphatic carbocycles. The second-order valence-electron chi connectivity index (χ2n) is 4.68. The summed E-state index contributed by atoms with van der Waals surface area (Å²) in [7, 11) is 3.43. The number of hydrogen-bond donors (Lipinski definition) is 1. The third kappa shape index (κ3) is 3.05. The van der Waals surface area contributed by atoms with Crippen LogP contribution < -0.4 is 5.73 Å². The maximum absolute atomic E-state index is 12.5. The second kappa shape index (κ2) is 6.34. The monoisotopic (exact) mass is 273 g/mol. The zero-order valence-electron chi connectivity index (χ0n) is 11.8. The Balaban J connectivity index is 2.29. The summed E-state index contributed by atoms with van der Waals surface area (Å²) in [6.45, 7) is 1.28. The van der Waals surface area contributed by atoms with Crippen LogP contribution in [0.1, 0.15) is 16.8 Å². The summed E-state index contributed by atoms with van der Waals surface area (Å²) in [6, 6.07) is 9.15. The van der Waals surface area contributed by atoms with Crippen LogP contribution in [0.25, 0.3) is 10.9 Å². The maximum atomic E-state index is 12.5. The highest BCUT2D eigenvalue weighted by Crippen LogP contribution is 2.20.